The van der Waals surface area contributed by atoms with Crippen LogP contribution >= 0.6 is 0 Å². The number of nitrogens with two attached hydrogens (primary N) is 2. The summed E-state index contributed by atoms with van der Waals surface area (Å²) in [4.78, 5) is 28.9. The van der Waals surface area contributed by atoms with Crippen molar-refractivity contribution >= 4 is 23.7 Å². The zero-order valence-electron chi connectivity index (χ0n) is 18.1. The zero-order valence-corrected chi connectivity index (χ0v) is 18.1. The molecule has 0 aliphatic carbocycles. The van der Waals surface area contributed by atoms with Gasteiger partial charge in [-0.1, -0.05) is 0 Å². The Hall–Kier alpha value is -3.60. The number of halogens is 6. The van der Waals surface area contributed by atoms with Crippen molar-refractivity contribution < 1.29 is 55.5 Å². The maximum atomic E-state index is 13.4. The lowest BCUT2D eigenvalue weighted by Gasteiger charge is -2.42. The molecule has 4 atom stereocenters. The van der Waals surface area contributed by atoms with Gasteiger partial charge in [-0.15, -0.1) is 0 Å². The minimum absolute atomic E-state index is 0.0479. The summed E-state index contributed by atoms with van der Waals surface area (Å²) >= 11 is 0. The number of hydrogen-bond acceptors (Lipinski definition) is 10. The third kappa shape index (κ3) is 3.60. The molecule has 3 aliphatic heterocycles. The highest BCUT2D eigenvalue weighted by atomic mass is 19.4. The normalized spacial score (nSPS) is 29.0. The second-order valence-electron chi connectivity index (χ2n) is 8.46. The Morgan fingerprint density at radius 1 is 1.17 bits per heavy atom. The van der Waals surface area contributed by atoms with E-state index in [1.54, 1.807) is 0 Å². The highest BCUT2D eigenvalue weighted by molar-refractivity contribution is 5.93. The van der Waals surface area contributed by atoms with Gasteiger partial charge >= 0.3 is 24.3 Å². The van der Waals surface area contributed by atoms with Crippen molar-refractivity contribution in [3.63, 3.8) is 0 Å². The molecule has 1 fully saturated rings. The van der Waals surface area contributed by atoms with E-state index in [1.807, 2.05) is 0 Å². The second kappa shape index (κ2) is 7.70. The number of esters is 1. The number of benzene rings is 1. The molecule has 0 radical (unpaired) electrons. The van der Waals surface area contributed by atoms with E-state index in [2.05, 4.69) is 15.6 Å². The third-order valence-electron chi connectivity index (χ3n) is 6.28. The van der Waals surface area contributed by atoms with E-state index in [0.717, 1.165) is 11.5 Å². The molecule has 3 heterocycles. The van der Waals surface area contributed by atoms with Gasteiger partial charge < -0.3 is 26.0 Å². The molecule has 1 unspecified atom stereocenters. The molecule has 1 spiro atoms. The number of ether oxygens (including phenoxy) is 1. The number of carbonyl (C=O) groups excluding carboxylic acids is 2. The summed E-state index contributed by atoms with van der Waals surface area (Å²) in [5.74, 6) is -6.33. The molecule has 4 rings (SSSR count). The van der Waals surface area contributed by atoms with Crippen molar-refractivity contribution in [3.8, 4) is 0 Å². The van der Waals surface area contributed by atoms with Gasteiger partial charge in [-0.2, -0.15) is 26.3 Å². The lowest BCUT2D eigenvalue weighted by molar-refractivity contribution is -0.622. The number of Topliss-reactive ketones (excluding diaryl/α,β-unsaturated/α-hetero) is 1. The molecule has 1 saturated heterocycles. The molecule has 8 N–H and O–H groups in total. The molecular weight excluding hydrogens is 506 g/mol. The van der Waals surface area contributed by atoms with E-state index in [1.165, 1.54) is 0 Å². The Balaban J connectivity index is 1.76. The third-order valence-corrected chi connectivity index (χ3v) is 6.28. The topological polar surface area (TPSA) is 175 Å². The van der Waals surface area contributed by atoms with Crippen molar-refractivity contribution in [2.45, 2.75) is 48.9 Å². The smallest absolute Gasteiger partial charge is 0.417 e. The molecule has 1 aromatic carbocycles. The minimum atomic E-state index is -5.24. The van der Waals surface area contributed by atoms with E-state index >= 15 is 0 Å². The van der Waals surface area contributed by atoms with Crippen LogP contribution in [0, 0.1) is 0 Å². The van der Waals surface area contributed by atoms with E-state index in [9.17, 15) is 46.1 Å². The fraction of sp³-hybridized carbons (Fsp3) is 0.474. The Morgan fingerprint density at radius 2 is 1.81 bits per heavy atom. The molecule has 3 aliphatic rings. The Bertz CT molecular complexity index is 1210. The summed E-state index contributed by atoms with van der Waals surface area (Å²) in [6.45, 7) is 0.475. The average Bonchev–Trinajstić information content (AvgIpc) is 3.20. The zero-order chi connectivity index (χ0) is 27.0. The predicted molar refractivity (Wildman–Crippen MR) is 106 cm³/mol. The Morgan fingerprint density at radius 3 is 2.36 bits per heavy atom. The number of aliphatic hydroxyl groups is 2. The van der Waals surface area contributed by atoms with E-state index in [-0.39, 0.29) is 30.1 Å². The standard InChI is InChI=1S/C19H18F6N6O5/c1-6(32)11-12-16(30-14(26)29-12)17(34,35)10(5-31(16)15(27)28-11)36-13(33)8-4-7(18(20,21)22)2-3-9(8)19(23,24)25/h2-4,10-12,34-35H,5H2,1H3,(H5,26,27,28,29,30)/p+1/t10-,11?,12-,16-/m0/s1. The quantitative estimate of drug-likeness (QED) is 0.123. The van der Waals surface area contributed by atoms with Crippen molar-refractivity contribution in [3.05, 3.63) is 34.9 Å². The SMILES string of the molecule is CC(=O)C1NC(N)=[N+]2C[C@H](OC(=O)c3cc(C(F)(F)F)ccc3C(F)(F)F)C(O)(O)[C@@]23NC(N)=N[C@@H]13. The maximum Gasteiger partial charge on any atom is 0.417 e. The van der Waals surface area contributed by atoms with Crippen LogP contribution in [0.15, 0.2) is 23.2 Å². The minimum Gasteiger partial charge on any atom is -0.449 e. The fourth-order valence-electron chi connectivity index (χ4n) is 4.66. The first-order valence-corrected chi connectivity index (χ1v) is 10.1. The maximum absolute atomic E-state index is 13.4. The van der Waals surface area contributed by atoms with E-state index < -0.39 is 77.0 Å². The lowest BCUT2D eigenvalue weighted by Crippen LogP contribution is -2.79. The molecule has 11 nitrogen and oxygen atoms in total. The number of rotatable bonds is 3. The predicted octanol–water partition coefficient (Wildman–Crippen LogP) is -1.19. The molecule has 0 bridgehead atoms. The summed E-state index contributed by atoms with van der Waals surface area (Å²) in [5, 5.41) is 27.3. The van der Waals surface area contributed by atoms with Gasteiger partial charge in [0.25, 0.3) is 5.79 Å². The first-order chi connectivity index (χ1) is 16.4. The number of guanidine groups is 2. The Kier molecular flexibility index (Phi) is 5.45. The summed E-state index contributed by atoms with van der Waals surface area (Å²) in [5.41, 5.74) is 4.63. The largest absolute Gasteiger partial charge is 0.449 e. The second-order valence-corrected chi connectivity index (χ2v) is 8.46. The molecule has 0 aromatic heterocycles. The van der Waals surface area contributed by atoms with Crippen LogP contribution in [0.3, 0.4) is 0 Å². The molecule has 1 aromatic rings. The van der Waals surface area contributed by atoms with Crippen LogP contribution in [-0.4, -0.2) is 74.6 Å². The monoisotopic (exact) mass is 525 g/mol. The van der Waals surface area contributed by atoms with Crippen LogP contribution in [0.4, 0.5) is 26.3 Å². The van der Waals surface area contributed by atoms with Crippen molar-refractivity contribution in [1.82, 2.24) is 10.6 Å². The van der Waals surface area contributed by atoms with Crippen LogP contribution in [0.2, 0.25) is 0 Å². The van der Waals surface area contributed by atoms with Gasteiger partial charge in [-0.05, 0) is 25.1 Å². The van der Waals surface area contributed by atoms with Gasteiger partial charge in [0.2, 0.25) is 5.66 Å². The molecule has 17 heteroatoms. The first-order valence-electron chi connectivity index (χ1n) is 10.1. The van der Waals surface area contributed by atoms with Crippen LogP contribution < -0.4 is 22.1 Å². The van der Waals surface area contributed by atoms with Crippen LogP contribution in [0.1, 0.15) is 28.4 Å². The van der Waals surface area contributed by atoms with Gasteiger partial charge in [0, 0.05) is 0 Å². The summed E-state index contributed by atoms with van der Waals surface area (Å²) in [6, 6.07) is -2.43. The molecule has 196 valence electrons. The van der Waals surface area contributed by atoms with Crippen LogP contribution in [0.25, 0.3) is 0 Å². The van der Waals surface area contributed by atoms with Gasteiger partial charge in [0.05, 0.1) is 16.7 Å². The number of aliphatic imine (C=N–C) groups is 1. The van der Waals surface area contributed by atoms with Gasteiger partial charge in [0.15, 0.2) is 29.9 Å². The van der Waals surface area contributed by atoms with Gasteiger partial charge in [-0.25, -0.2) is 14.4 Å². The van der Waals surface area contributed by atoms with E-state index in [0.29, 0.717) is 0 Å². The van der Waals surface area contributed by atoms with Gasteiger partial charge in [0.1, 0.15) is 6.54 Å². The lowest BCUT2D eigenvalue weighted by atomic mass is 9.84. The Labute approximate surface area is 197 Å². The van der Waals surface area contributed by atoms with Crippen molar-refractivity contribution in [1.29, 1.82) is 0 Å². The number of ketones is 1. The molecule has 36 heavy (non-hydrogen) atoms. The molecular formula is C19H19F6N6O5+. The van der Waals surface area contributed by atoms with E-state index in [4.69, 9.17) is 16.2 Å². The number of carbonyl (C=O) groups is 2. The summed E-state index contributed by atoms with van der Waals surface area (Å²) in [7, 11) is 0. The van der Waals surface area contributed by atoms with Gasteiger partial charge in [-0.3, -0.25) is 15.8 Å². The highest BCUT2D eigenvalue weighted by Crippen LogP contribution is 2.43. The van der Waals surface area contributed by atoms with Crippen molar-refractivity contribution in [2.75, 3.05) is 6.54 Å². The number of nitrogens with one attached hydrogen (secondary N) is 2. The highest BCUT2D eigenvalue weighted by Gasteiger charge is 2.76. The number of hydrogen-bond donors (Lipinski definition) is 6. The van der Waals surface area contributed by atoms with Crippen LogP contribution in [-0.2, 0) is 21.9 Å². The first kappa shape index (κ1) is 25.5. The fourth-order valence-corrected chi connectivity index (χ4v) is 4.66. The van der Waals surface area contributed by atoms with Crippen LogP contribution in [0.5, 0.6) is 0 Å². The number of alkyl halides is 6. The molecule has 0 saturated carbocycles. The summed E-state index contributed by atoms with van der Waals surface area (Å²) in [6.07, 6.45) is -12.4. The van der Waals surface area contributed by atoms with Crippen molar-refractivity contribution in [2.24, 2.45) is 16.5 Å². The molecule has 0 amide bonds. The number of nitrogens with zero attached hydrogens (tertiary/aromatic N) is 2. The average molecular weight is 525 g/mol. The summed E-state index contributed by atoms with van der Waals surface area (Å²) < 4.78 is 85.6.